The van der Waals surface area contributed by atoms with Crippen molar-refractivity contribution in [3.05, 3.63) is 36.4 Å². The summed E-state index contributed by atoms with van der Waals surface area (Å²) < 4.78 is 10.9. The van der Waals surface area contributed by atoms with Crippen molar-refractivity contribution in [1.82, 2.24) is 0 Å². The maximum Gasteiger partial charge on any atom is 0.258 e. The SMILES string of the molecule is CC1(COc2ccc(N3C(=O)C=CC3=O)cc2)COC1. The van der Waals surface area contributed by atoms with Crippen LogP contribution in [-0.2, 0) is 14.3 Å². The lowest BCUT2D eigenvalue weighted by molar-refractivity contribution is -0.120. The van der Waals surface area contributed by atoms with Crippen LogP contribution in [0.2, 0.25) is 0 Å². The van der Waals surface area contributed by atoms with E-state index in [4.69, 9.17) is 9.47 Å². The first-order valence-electron chi connectivity index (χ1n) is 6.44. The van der Waals surface area contributed by atoms with Crippen molar-refractivity contribution in [2.24, 2.45) is 5.41 Å². The minimum absolute atomic E-state index is 0.0868. The molecule has 0 radical (unpaired) electrons. The Morgan fingerprint density at radius 2 is 1.75 bits per heavy atom. The Morgan fingerprint density at radius 1 is 1.15 bits per heavy atom. The fourth-order valence-corrected chi connectivity index (χ4v) is 2.14. The molecule has 5 heteroatoms. The maximum atomic E-state index is 11.5. The molecule has 5 nitrogen and oxygen atoms in total. The number of anilines is 1. The normalized spacial score (nSPS) is 20.1. The minimum Gasteiger partial charge on any atom is -0.493 e. The lowest BCUT2D eigenvalue weighted by Gasteiger charge is -2.37. The molecule has 1 aromatic rings. The summed E-state index contributed by atoms with van der Waals surface area (Å²) in [6.07, 6.45) is 2.54. The average Bonchev–Trinajstić information content (AvgIpc) is 2.75. The molecule has 1 fully saturated rings. The molecule has 0 spiro atoms. The zero-order chi connectivity index (χ0) is 14.2. The highest BCUT2D eigenvalue weighted by molar-refractivity contribution is 6.28. The number of hydrogen-bond acceptors (Lipinski definition) is 4. The van der Waals surface area contributed by atoms with Crippen LogP contribution in [0.25, 0.3) is 0 Å². The van der Waals surface area contributed by atoms with Crippen LogP contribution >= 0.6 is 0 Å². The summed E-state index contributed by atoms with van der Waals surface area (Å²) in [6.45, 7) is 4.13. The van der Waals surface area contributed by atoms with Gasteiger partial charge in [0.15, 0.2) is 0 Å². The fourth-order valence-electron chi connectivity index (χ4n) is 2.14. The molecule has 2 amide bonds. The lowest BCUT2D eigenvalue weighted by atomic mass is 9.90. The van der Waals surface area contributed by atoms with E-state index in [9.17, 15) is 9.59 Å². The highest BCUT2D eigenvalue weighted by Crippen LogP contribution is 2.28. The topological polar surface area (TPSA) is 55.8 Å². The Bertz CT molecular complexity index is 554. The van der Waals surface area contributed by atoms with Gasteiger partial charge in [-0.25, -0.2) is 4.90 Å². The first-order valence-corrected chi connectivity index (χ1v) is 6.44. The van der Waals surface area contributed by atoms with Crippen molar-refractivity contribution < 1.29 is 19.1 Å². The summed E-state index contributed by atoms with van der Waals surface area (Å²) in [7, 11) is 0. The van der Waals surface area contributed by atoms with E-state index in [1.165, 1.54) is 12.2 Å². The minimum atomic E-state index is -0.317. The fraction of sp³-hybridized carbons (Fsp3) is 0.333. The molecule has 3 rings (SSSR count). The number of carbonyl (C=O) groups excluding carboxylic acids is 2. The van der Waals surface area contributed by atoms with E-state index < -0.39 is 0 Å². The molecule has 0 atom stereocenters. The van der Waals surface area contributed by atoms with E-state index in [1.54, 1.807) is 24.3 Å². The largest absolute Gasteiger partial charge is 0.493 e. The number of ether oxygens (including phenoxy) is 2. The van der Waals surface area contributed by atoms with Crippen molar-refractivity contribution in [3.8, 4) is 5.75 Å². The Balaban J connectivity index is 1.65. The van der Waals surface area contributed by atoms with E-state index in [0.29, 0.717) is 31.3 Å². The molecular weight excluding hydrogens is 258 g/mol. The number of imide groups is 1. The highest BCUT2D eigenvalue weighted by Gasteiger charge is 2.34. The summed E-state index contributed by atoms with van der Waals surface area (Å²) >= 11 is 0. The van der Waals surface area contributed by atoms with Gasteiger partial charge >= 0.3 is 0 Å². The molecule has 104 valence electrons. The van der Waals surface area contributed by atoms with Crippen molar-refractivity contribution in [2.45, 2.75) is 6.92 Å². The molecule has 0 N–H and O–H groups in total. The summed E-state index contributed by atoms with van der Waals surface area (Å²) in [5.74, 6) is 0.0829. The van der Waals surface area contributed by atoms with E-state index >= 15 is 0 Å². The number of carbonyl (C=O) groups is 2. The van der Waals surface area contributed by atoms with Crippen LogP contribution in [0.4, 0.5) is 5.69 Å². The van der Waals surface area contributed by atoms with Crippen LogP contribution in [0.3, 0.4) is 0 Å². The Labute approximate surface area is 116 Å². The molecule has 20 heavy (non-hydrogen) atoms. The van der Waals surface area contributed by atoms with Crippen LogP contribution in [0, 0.1) is 5.41 Å². The Kier molecular flexibility index (Phi) is 3.06. The third-order valence-electron chi connectivity index (χ3n) is 3.39. The third-order valence-corrected chi connectivity index (χ3v) is 3.39. The van der Waals surface area contributed by atoms with Gasteiger partial charge in [0.2, 0.25) is 0 Å². The van der Waals surface area contributed by atoms with Gasteiger partial charge in [-0.2, -0.15) is 0 Å². The van der Waals surface area contributed by atoms with E-state index in [-0.39, 0.29) is 17.2 Å². The summed E-state index contributed by atoms with van der Waals surface area (Å²) in [6, 6.07) is 6.93. The van der Waals surface area contributed by atoms with E-state index in [0.717, 1.165) is 4.90 Å². The predicted molar refractivity (Wildman–Crippen MR) is 72.5 cm³/mol. The molecule has 0 bridgehead atoms. The van der Waals surface area contributed by atoms with Gasteiger partial charge in [0.25, 0.3) is 11.8 Å². The lowest BCUT2D eigenvalue weighted by Crippen LogP contribution is -2.44. The number of benzene rings is 1. The molecule has 0 saturated carbocycles. The number of amides is 2. The van der Waals surface area contributed by atoms with Gasteiger partial charge in [0.05, 0.1) is 25.5 Å². The maximum absolute atomic E-state index is 11.5. The van der Waals surface area contributed by atoms with Crippen molar-refractivity contribution in [1.29, 1.82) is 0 Å². The smallest absolute Gasteiger partial charge is 0.258 e. The molecule has 1 saturated heterocycles. The first kappa shape index (κ1) is 12.9. The molecule has 0 unspecified atom stereocenters. The molecule has 0 aliphatic carbocycles. The van der Waals surface area contributed by atoms with Gasteiger partial charge in [0.1, 0.15) is 5.75 Å². The predicted octanol–water partition coefficient (Wildman–Crippen LogP) is 1.53. The van der Waals surface area contributed by atoms with Gasteiger partial charge in [-0.1, -0.05) is 6.92 Å². The van der Waals surface area contributed by atoms with Crippen LogP contribution in [-0.4, -0.2) is 31.6 Å². The second-order valence-electron chi connectivity index (χ2n) is 5.43. The molecular formula is C15H15NO4. The van der Waals surface area contributed by atoms with Crippen molar-refractivity contribution >= 4 is 17.5 Å². The van der Waals surface area contributed by atoms with Crippen LogP contribution in [0.1, 0.15) is 6.92 Å². The quantitative estimate of drug-likeness (QED) is 0.781. The van der Waals surface area contributed by atoms with Crippen molar-refractivity contribution in [2.75, 3.05) is 24.7 Å². The van der Waals surface area contributed by atoms with Crippen molar-refractivity contribution in [3.63, 3.8) is 0 Å². The molecule has 1 aromatic carbocycles. The second kappa shape index (κ2) is 4.76. The van der Waals surface area contributed by atoms with Gasteiger partial charge in [-0.3, -0.25) is 9.59 Å². The summed E-state index contributed by atoms with van der Waals surface area (Å²) in [5, 5.41) is 0. The van der Waals surface area contributed by atoms with Crippen LogP contribution in [0.15, 0.2) is 36.4 Å². The van der Waals surface area contributed by atoms with E-state index in [1.807, 2.05) is 0 Å². The van der Waals surface area contributed by atoms with Gasteiger partial charge in [0, 0.05) is 17.6 Å². The van der Waals surface area contributed by atoms with Crippen LogP contribution < -0.4 is 9.64 Å². The third kappa shape index (κ3) is 2.32. The first-order chi connectivity index (χ1) is 9.57. The zero-order valence-electron chi connectivity index (χ0n) is 11.2. The van der Waals surface area contributed by atoms with Gasteiger partial charge in [-0.05, 0) is 24.3 Å². The molecule has 0 aromatic heterocycles. The van der Waals surface area contributed by atoms with Gasteiger partial charge in [-0.15, -0.1) is 0 Å². The Hall–Kier alpha value is -2.14. The summed E-state index contributed by atoms with van der Waals surface area (Å²) in [4.78, 5) is 24.2. The monoisotopic (exact) mass is 273 g/mol. The number of nitrogens with zero attached hydrogens (tertiary/aromatic N) is 1. The van der Waals surface area contributed by atoms with Gasteiger partial charge < -0.3 is 9.47 Å². The second-order valence-corrected chi connectivity index (χ2v) is 5.43. The number of hydrogen-bond donors (Lipinski definition) is 0. The number of rotatable bonds is 4. The highest BCUT2D eigenvalue weighted by atomic mass is 16.5. The zero-order valence-corrected chi connectivity index (χ0v) is 11.2. The standard InChI is InChI=1S/C15H15NO4/c1-15(8-19-9-15)10-20-12-4-2-11(3-5-12)16-13(17)6-7-14(16)18/h2-7H,8-10H2,1H3. The molecule has 2 aliphatic rings. The summed E-state index contributed by atoms with van der Waals surface area (Å²) in [5.41, 5.74) is 0.638. The Morgan fingerprint density at radius 3 is 2.25 bits per heavy atom. The van der Waals surface area contributed by atoms with E-state index in [2.05, 4.69) is 6.92 Å². The van der Waals surface area contributed by atoms with Crippen LogP contribution in [0.5, 0.6) is 5.75 Å². The molecule has 2 aliphatic heterocycles. The molecule has 2 heterocycles. The average molecular weight is 273 g/mol.